The molecular weight excluding hydrogens is 677 g/mol. The summed E-state index contributed by atoms with van der Waals surface area (Å²) in [4.78, 5) is 38.0. The number of ether oxygens (including phenoxy) is 2. The summed E-state index contributed by atoms with van der Waals surface area (Å²) in [5, 5.41) is 6.70. The van der Waals surface area contributed by atoms with Gasteiger partial charge in [-0.25, -0.2) is 19.1 Å². The number of aryl methyl sites for hydroxylation is 1. The number of carbonyl (C=O) groups is 2. The largest absolute Gasteiger partial charge is 0.415 e. The van der Waals surface area contributed by atoms with Gasteiger partial charge in [0.15, 0.2) is 5.82 Å². The van der Waals surface area contributed by atoms with Crippen molar-refractivity contribution >= 4 is 29.0 Å². The molecule has 2 aromatic heterocycles. The van der Waals surface area contributed by atoms with E-state index in [9.17, 15) is 9.59 Å². The summed E-state index contributed by atoms with van der Waals surface area (Å²) < 4.78 is 13.2. The van der Waals surface area contributed by atoms with Gasteiger partial charge in [0.1, 0.15) is 5.65 Å². The molecule has 3 aromatic rings. The Morgan fingerprint density at radius 3 is 2.26 bits per heavy atom. The Labute approximate surface area is 323 Å². The number of carbonyl (C=O) groups excluding carboxylic acids is 2. The fourth-order valence-corrected chi connectivity index (χ4v) is 8.90. The van der Waals surface area contributed by atoms with Crippen molar-refractivity contribution in [1.29, 1.82) is 0 Å². The average molecular weight is 743 g/mol. The molecule has 1 aromatic carbocycles. The maximum Gasteiger partial charge on any atom is 0.415 e. The molecule has 54 heavy (non-hydrogen) atoms. The Morgan fingerprint density at radius 1 is 0.981 bits per heavy atom. The molecule has 2 amide bonds. The lowest BCUT2D eigenvalue weighted by atomic mass is 9.67. The molecule has 1 saturated heterocycles. The van der Waals surface area contributed by atoms with Crippen LogP contribution in [0.5, 0.6) is 5.88 Å². The van der Waals surface area contributed by atoms with E-state index in [4.69, 9.17) is 21.0 Å². The van der Waals surface area contributed by atoms with E-state index < -0.39 is 6.09 Å². The maximum atomic E-state index is 13.9. The van der Waals surface area contributed by atoms with Gasteiger partial charge in [-0.1, -0.05) is 111 Å². The lowest BCUT2D eigenvalue weighted by Crippen LogP contribution is -2.42. The third-order valence-corrected chi connectivity index (χ3v) is 12.1. The van der Waals surface area contributed by atoms with Gasteiger partial charge in [0.2, 0.25) is 11.8 Å². The molecule has 5 rings (SSSR count). The molecular formula is C44H66N6O4. The van der Waals surface area contributed by atoms with Crippen molar-refractivity contribution < 1.29 is 19.1 Å². The second kappa shape index (κ2) is 20.2. The number of hydrogen-bond acceptors (Lipinski definition) is 5. The molecule has 3 unspecified atom stereocenters. The number of amides is 2. The molecule has 10 nitrogen and oxygen atoms in total. The molecule has 1 saturated carbocycles. The zero-order valence-electron chi connectivity index (χ0n) is 34.0. The molecule has 2 N–H and O–H groups in total. The standard InChI is InChI=1S/C44H66N6O4/c1-8-10-12-14-15-17-19-34(18-16-13-11-9-2)42(51)46-38-28-35(21-20-31(38)4)40-47-41-37(29-36-32(5)26-30(3)27-33(36)6)39(45-7)43(50(41)48-40)54-44(52)49-22-24-53-25-23-49/h20-21,28,30,32-34,36H,8-19,22-27,29H2,1-6H3,(H,46,51)(H,47,48). The van der Waals surface area contributed by atoms with Crippen molar-refractivity contribution in [2.24, 2.45) is 29.6 Å². The van der Waals surface area contributed by atoms with Gasteiger partial charge in [-0.2, -0.15) is 0 Å². The fourth-order valence-electron chi connectivity index (χ4n) is 8.90. The van der Waals surface area contributed by atoms with Crippen LogP contribution >= 0.6 is 0 Å². The van der Waals surface area contributed by atoms with Gasteiger partial charge in [-0.05, 0) is 74.3 Å². The molecule has 3 heterocycles. The second-order valence-electron chi connectivity index (χ2n) is 16.5. The number of anilines is 1. The first-order chi connectivity index (χ1) is 26.1. The van der Waals surface area contributed by atoms with E-state index in [1.165, 1.54) is 44.9 Å². The summed E-state index contributed by atoms with van der Waals surface area (Å²) in [5.41, 5.74) is 4.34. The predicted molar refractivity (Wildman–Crippen MR) is 217 cm³/mol. The third-order valence-electron chi connectivity index (χ3n) is 12.1. The van der Waals surface area contributed by atoms with E-state index in [0.29, 0.717) is 73.6 Å². The van der Waals surface area contributed by atoms with Crippen LogP contribution in [0.25, 0.3) is 21.9 Å². The normalized spacial score (nSPS) is 20.9. The number of aromatic nitrogens is 3. The van der Waals surface area contributed by atoms with Crippen molar-refractivity contribution in [1.82, 2.24) is 19.5 Å². The van der Waals surface area contributed by atoms with Crippen LogP contribution in [0, 0.1) is 43.1 Å². The molecule has 0 radical (unpaired) electrons. The number of rotatable bonds is 18. The van der Waals surface area contributed by atoms with Gasteiger partial charge in [0.25, 0.3) is 5.69 Å². The highest BCUT2D eigenvalue weighted by atomic mass is 16.6. The summed E-state index contributed by atoms with van der Waals surface area (Å²) in [6.07, 6.45) is 16.2. The lowest BCUT2D eigenvalue weighted by Gasteiger charge is -2.38. The summed E-state index contributed by atoms with van der Waals surface area (Å²) in [6, 6.07) is 6.01. The predicted octanol–water partition coefficient (Wildman–Crippen LogP) is 11.2. The quantitative estimate of drug-likeness (QED) is 0.0997. The van der Waals surface area contributed by atoms with Crippen LogP contribution in [0.2, 0.25) is 0 Å². The van der Waals surface area contributed by atoms with Crippen LogP contribution in [0.1, 0.15) is 136 Å². The van der Waals surface area contributed by atoms with Crippen molar-refractivity contribution in [3.05, 3.63) is 40.7 Å². The Morgan fingerprint density at radius 2 is 1.61 bits per heavy atom. The Bertz CT molecular complexity index is 1700. The van der Waals surface area contributed by atoms with E-state index in [1.54, 1.807) is 9.42 Å². The van der Waals surface area contributed by atoms with Gasteiger partial charge >= 0.3 is 6.09 Å². The first-order valence-corrected chi connectivity index (χ1v) is 21.1. The van der Waals surface area contributed by atoms with Crippen molar-refractivity contribution in [2.45, 2.75) is 138 Å². The molecule has 1 aliphatic carbocycles. The Balaban J connectivity index is 1.43. The van der Waals surface area contributed by atoms with Crippen LogP contribution in [-0.2, 0) is 16.0 Å². The number of aromatic amines is 1. The number of unbranched alkanes of at least 4 members (excludes halogenated alkanes) is 8. The van der Waals surface area contributed by atoms with E-state index in [-0.39, 0.29) is 17.7 Å². The summed E-state index contributed by atoms with van der Waals surface area (Å²) in [7, 11) is 0. The van der Waals surface area contributed by atoms with Crippen molar-refractivity contribution in [3.63, 3.8) is 0 Å². The van der Waals surface area contributed by atoms with Gasteiger partial charge in [-0.3, -0.25) is 9.89 Å². The number of H-pyrrole nitrogens is 1. The van der Waals surface area contributed by atoms with E-state index in [0.717, 1.165) is 67.3 Å². The molecule has 3 atom stereocenters. The number of fused-ring (bicyclic) bond motifs is 1. The number of benzene rings is 1. The van der Waals surface area contributed by atoms with Crippen LogP contribution in [0.15, 0.2) is 18.2 Å². The highest BCUT2D eigenvalue weighted by Gasteiger charge is 2.35. The minimum Gasteiger partial charge on any atom is -0.402 e. The second-order valence-corrected chi connectivity index (χ2v) is 16.5. The van der Waals surface area contributed by atoms with Gasteiger partial charge in [0.05, 0.1) is 19.8 Å². The summed E-state index contributed by atoms with van der Waals surface area (Å²) in [6.45, 7) is 23.5. The van der Waals surface area contributed by atoms with E-state index in [2.05, 4.69) is 49.9 Å². The maximum absolute atomic E-state index is 13.9. The van der Waals surface area contributed by atoms with Crippen molar-refractivity contribution in [2.75, 3.05) is 31.6 Å². The number of morpholine rings is 1. The minimum atomic E-state index is -0.496. The summed E-state index contributed by atoms with van der Waals surface area (Å²) in [5.74, 6) is 2.89. The van der Waals surface area contributed by atoms with Gasteiger partial charge < -0.3 is 19.7 Å². The Hall–Kier alpha value is -3.84. The zero-order chi connectivity index (χ0) is 38.6. The van der Waals surface area contributed by atoms with Crippen LogP contribution in [0.4, 0.5) is 16.2 Å². The molecule has 10 heteroatoms. The summed E-state index contributed by atoms with van der Waals surface area (Å²) >= 11 is 0. The molecule has 0 bridgehead atoms. The van der Waals surface area contributed by atoms with Crippen LogP contribution < -0.4 is 10.1 Å². The van der Waals surface area contributed by atoms with Crippen LogP contribution in [-0.4, -0.2) is 57.8 Å². The number of nitrogens with zero attached hydrogens (tertiary/aromatic N) is 4. The van der Waals surface area contributed by atoms with Crippen molar-refractivity contribution in [3.8, 4) is 17.3 Å². The topological polar surface area (TPSA) is 105 Å². The average Bonchev–Trinajstić information content (AvgIpc) is 3.70. The highest BCUT2D eigenvalue weighted by molar-refractivity contribution is 5.94. The first kappa shape index (κ1) is 41.3. The van der Waals surface area contributed by atoms with E-state index in [1.807, 2.05) is 25.1 Å². The highest BCUT2D eigenvalue weighted by Crippen LogP contribution is 2.45. The monoisotopic (exact) mass is 743 g/mol. The molecule has 2 fully saturated rings. The smallest absolute Gasteiger partial charge is 0.402 e. The first-order valence-electron chi connectivity index (χ1n) is 21.1. The molecule has 2 aliphatic rings. The van der Waals surface area contributed by atoms with Gasteiger partial charge in [0, 0.05) is 35.8 Å². The zero-order valence-corrected chi connectivity index (χ0v) is 34.0. The van der Waals surface area contributed by atoms with Gasteiger partial charge in [-0.15, -0.1) is 0 Å². The third kappa shape index (κ3) is 10.5. The number of hydrogen-bond donors (Lipinski definition) is 2. The molecule has 1 aliphatic heterocycles. The Kier molecular flexibility index (Phi) is 15.4. The molecule has 0 spiro atoms. The SMILES string of the molecule is [C-]#[N+]c1c(CC2C(C)CC(C)CC2C)c2nc(-c3ccc(C)c(NC(=O)C(CCCCCC)CCCCCCCC)c3)[nH]n2c1OC(=O)N1CCOCC1. The lowest BCUT2D eigenvalue weighted by molar-refractivity contribution is -0.120. The van der Waals surface area contributed by atoms with E-state index >= 15 is 0 Å². The van der Waals surface area contributed by atoms with Crippen LogP contribution in [0.3, 0.4) is 0 Å². The minimum absolute atomic E-state index is 0.00957. The fraction of sp³-hybridized carbons (Fsp3) is 0.682. The molecule has 296 valence electrons. The number of nitrogens with one attached hydrogen (secondary N) is 2.